The summed E-state index contributed by atoms with van der Waals surface area (Å²) in [5.74, 6) is -2.17. The van der Waals surface area contributed by atoms with Crippen molar-refractivity contribution in [2.24, 2.45) is 11.8 Å². The van der Waals surface area contributed by atoms with Gasteiger partial charge in [0, 0.05) is 19.1 Å². The minimum atomic E-state index is -3.37. The molecule has 1 saturated heterocycles. The zero-order chi connectivity index (χ0) is 18.0. The minimum Gasteiger partial charge on any atom is -0.481 e. The fourth-order valence-corrected chi connectivity index (χ4v) is 4.78. The van der Waals surface area contributed by atoms with Gasteiger partial charge in [0.15, 0.2) is 0 Å². The molecule has 1 amide bonds. The molecule has 1 heterocycles. The third-order valence-electron chi connectivity index (χ3n) is 4.83. The van der Waals surface area contributed by atoms with E-state index in [1.54, 1.807) is 12.1 Å². The average Bonchev–Trinajstić information content (AvgIpc) is 3.37. The van der Waals surface area contributed by atoms with Crippen LogP contribution >= 0.6 is 0 Å². The number of carboxylic acids is 1. The Morgan fingerprint density at radius 3 is 2.32 bits per heavy atom. The highest BCUT2D eigenvalue weighted by Crippen LogP contribution is 2.38. The highest BCUT2D eigenvalue weighted by atomic mass is 32.2. The average molecular weight is 366 g/mol. The highest BCUT2D eigenvalue weighted by Gasteiger charge is 2.48. The Morgan fingerprint density at radius 1 is 1.12 bits per heavy atom. The van der Waals surface area contributed by atoms with Crippen molar-refractivity contribution in [1.82, 2.24) is 9.62 Å². The molecule has 1 aliphatic carbocycles. The fraction of sp³-hybridized carbons (Fsp3) is 0.529. The van der Waals surface area contributed by atoms with Crippen molar-refractivity contribution in [1.29, 1.82) is 0 Å². The van der Waals surface area contributed by atoms with E-state index in [4.69, 9.17) is 5.11 Å². The van der Waals surface area contributed by atoms with Crippen molar-refractivity contribution in [3.05, 3.63) is 35.9 Å². The van der Waals surface area contributed by atoms with Crippen molar-refractivity contribution in [2.45, 2.75) is 31.1 Å². The van der Waals surface area contributed by atoms with E-state index < -0.39 is 27.8 Å². The second-order valence-electron chi connectivity index (χ2n) is 6.71. The molecule has 2 aliphatic rings. The summed E-state index contributed by atoms with van der Waals surface area (Å²) < 4.78 is 26.5. The predicted molar refractivity (Wildman–Crippen MR) is 91.0 cm³/mol. The molecule has 1 aromatic carbocycles. The molecule has 1 saturated carbocycles. The van der Waals surface area contributed by atoms with Gasteiger partial charge in [-0.15, -0.1) is 0 Å². The number of nitrogens with one attached hydrogen (secondary N) is 1. The summed E-state index contributed by atoms with van der Waals surface area (Å²) in [6.07, 6.45) is 1.49. The van der Waals surface area contributed by atoms with Gasteiger partial charge in [-0.25, -0.2) is 12.7 Å². The molecule has 0 radical (unpaired) electrons. The lowest BCUT2D eigenvalue weighted by molar-refractivity contribution is -0.140. The maximum absolute atomic E-state index is 12.5. The number of carboxylic acid groups (broad SMARTS) is 1. The number of carbonyl (C=O) groups is 2. The molecule has 2 atom stereocenters. The number of sulfonamides is 1. The molecule has 8 heteroatoms. The first-order valence-electron chi connectivity index (χ1n) is 8.42. The summed E-state index contributed by atoms with van der Waals surface area (Å²) >= 11 is 0. The van der Waals surface area contributed by atoms with Gasteiger partial charge < -0.3 is 10.4 Å². The van der Waals surface area contributed by atoms with Crippen molar-refractivity contribution in [2.75, 3.05) is 13.1 Å². The fourth-order valence-electron chi connectivity index (χ4n) is 3.22. The standard InChI is InChI=1S/C17H22N2O5S/c20-16(14-10-15(14)17(21)22)18-13-6-8-19(9-7-13)25(23,24)11-12-4-2-1-3-5-12/h1-5,13-15H,6-11H2,(H,18,20)(H,21,22). The number of rotatable bonds is 6. The van der Waals surface area contributed by atoms with Crippen LogP contribution < -0.4 is 5.32 Å². The molecule has 0 bridgehead atoms. The van der Waals surface area contributed by atoms with Crippen molar-refractivity contribution >= 4 is 21.9 Å². The molecule has 1 aliphatic heterocycles. The van der Waals surface area contributed by atoms with Crippen LogP contribution in [0.3, 0.4) is 0 Å². The largest absolute Gasteiger partial charge is 0.481 e. The lowest BCUT2D eigenvalue weighted by Gasteiger charge is -2.31. The number of carbonyl (C=O) groups excluding carboxylic acids is 1. The van der Waals surface area contributed by atoms with Crippen LogP contribution in [0.2, 0.25) is 0 Å². The molecule has 1 aromatic rings. The summed E-state index contributed by atoms with van der Waals surface area (Å²) in [6.45, 7) is 0.736. The van der Waals surface area contributed by atoms with Crippen LogP contribution in [-0.4, -0.2) is 48.8 Å². The first-order valence-corrected chi connectivity index (χ1v) is 10.0. The zero-order valence-electron chi connectivity index (χ0n) is 13.8. The Balaban J connectivity index is 1.48. The third-order valence-corrected chi connectivity index (χ3v) is 6.68. The molecule has 25 heavy (non-hydrogen) atoms. The van der Waals surface area contributed by atoms with Crippen LogP contribution in [0.4, 0.5) is 0 Å². The molecule has 3 rings (SSSR count). The Labute approximate surface area is 147 Å². The van der Waals surface area contributed by atoms with Crippen molar-refractivity contribution in [3.8, 4) is 0 Å². The Hall–Kier alpha value is -1.93. The molecular formula is C17H22N2O5S. The summed E-state index contributed by atoms with van der Waals surface area (Å²) in [5, 5.41) is 11.7. The summed E-state index contributed by atoms with van der Waals surface area (Å²) in [4.78, 5) is 22.8. The van der Waals surface area contributed by atoms with Gasteiger partial charge in [-0.2, -0.15) is 0 Å². The SMILES string of the molecule is O=C(O)C1CC1C(=O)NC1CCN(S(=O)(=O)Cc2ccccc2)CC1. The van der Waals surface area contributed by atoms with Crippen molar-refractivity contribution < 1.29 is 23.1 Å². The number of benzene rings is 1. The van der Waals surface area contributed by atoms with Crippen LogP contribution in [-0.2, 0) is 25.4 Å². The topological polar surface area (TPSA) is 104 Å². The smallest absolute Gasteiger partial charge is 0.307 e. The summed E-state index contributed by atoms with van der Waals surface area (Å²) in [7, 11) is -3.37. The van der Waals surface area contributed by atoms with E-state index in [1.807, 2.05) is 18.2 Å². The normalized spacial score (nSPS) is 24.6. The summed E-state index contributed by atoms with van der Waals surface area (Å²) in [6, 6.07) is 8.96. The van der Waals surface area contributed by atoms with E-state index in [9.17, 15) is 18.0 Å². The second kappa shape index (κ2) is 7.13. The predicted octanol–water partition coefficient (Wildman–Crippen LogP) is 0.818. The van der Waals surface area contributed by atoms with Gasteiger partial charge in [0.1, 0.15) is 0 Å². The van der Waals surface area contributed by atoms with Gasteiger partial charge in [-0.1, -0.05) is 30.3 Å². The molecular weight excluding hydrogens is 344 g/mol. The maximum atomic E-state index is 12.5. The molecule has 0 aromatic heterocycles. The third kappa shape index (κ3) is 4.38. The van der Waals surface area contributed by atoms with E-state index >= 15 is 0 Å². The van der Waals surface area contributed by atoms with Crippen LogP contribution in [0, 0.1) is 11.8 Å². The van der Waals surface area contributed by atoms with Gasteiger partial charge in [0.25, 0.3) is 0 Å². The van der Waals surface area contributed by atoms with Crippen LogP contribution in [0.25, 0.3) is 0 Å². The Morgan fingerprint density at radius 2 is 1.76 bits per heavy atom. The van der Waals surface area contributed by atoms with E-state index in [0.717, 1.165) is 5.56 Å². The number of piperidine rings is 1. The molecule has 136 valence electrons. The van der Waals surface area contributed by atoms with Gasteiger partial charge in [-0.3, -0.25) is 9.59 Å². The Bertz CT molecular complexity index is 742. The van der Waals surface area contributed by atoms with E-state index in [2.05, 4.69) is 5.32 Å². The van der Waals surface area contributed by atoms with Crippen LogP contribution in [0.15, 0.2) is 30.3 Å². The summed E-state index contributed by atoms with van der Waals surface area (Å²) in [5.41, 5.74) is 0.756. The highest BCUT2D eigenvalue weighted by molar-refractivity contribution is 7.88. The van der Waals surface area contributed by atoms with E-state index in [1.165, 1.54) is 4.31 Å². The number of nitrogens with zero attached hydrogens (tertiary/aromatic N) is 1. The lowest BCUT2D eigenvalue weighted by Crippen LogP contribution is -2.47. The quantitative estimate of drug-likeness (QED) is 0.776. The van der Waals surface area contributed by atoms with Crippen molar-refractivity contribution in [3.63, 3.8) is 0 Å². The maximum Gasteiger partial charge on any atom is 0.307 e. The van der Waals surface area contributed by atoms with Gasteiger partial charge in [0.05, 0.1) is 17.6 Å². The lowest BCUT2D eigenvalue weighted by atomic mass is 10.1. The first kappa shape index (κ1) is 17.9. The molecule has 7 nitrogen and oxygen atoms in total. The second-order valence-corrected chi connectivity index (χ2v) is 8.68. The molecule has 2 N–H and O–H groups in total. The van der Waals surface area contributed by atoms with Crippen LogP contribution in [0.5, 0.6) is 0 Å². The van der Waals surface area contributed by atoms with Gasteiger partial charge in [0.2, 0.25) is 15.9 Å². The molecule has 0 spiro atoms. The van der Waals surface area contributed by atoms with Gasteiger partial charge >= 0.3 is 5.97 Å². The van der Waals surface area contributed by atoms with Crippen LogP contribution in [0.1, 0.15) is 24.8 Å². The molecule has 2 fully saturated rings. The monoisotopic (exact) mass is 366 g/mol. The number of aliphatic carboxylic acids is 1. The van der Waals surface area contributed by atoms with Gasteiger partial charge in [-0.05, 0) is 24.8 Å². The first-order chi connectivity index (χ1) is 11.9. The van der Waals surface area contributed by atoms with E-state index in [-0.39, 0.29) is 17.7 Å². The minimum absolute atomic E-state index is 0.0206. The molecule has 2 unspecified atom stereocenters. The number of hydrogen-bond donors (Lipinski definition) is 2. The zero-order valence-corrected chi connectivity index (χ0v) is 14.6. The Kier molecular flexibility index (Phi) is 5.10. The number of hydrogen-bond acceptors (Lipinski definition) is 4. The number of amides is 1. The van der Waals surface area contributed by atoms with E-state index in [0.29, 0.717) is 32.4 Å².